The van der Waals surface area contributed by atoms with Crippen LogP contribution in [0.5, 0.6) is 11.5 Å². The van der Waals surface area contributed by atoms with E-state index in [-0.39, 0.29) is 5.56 Å². The van der Waals surface area contributed by atoms with Crippen molar-refractivity contribution in [1.29, 1.82) is 0 Å². The van der Waals surface area contributed by atoms with Crippen molar-refractivity contribution in [2.45, 2.75) is 38.1 Å². The van der Waals surface area contributed by atoms with Crippen LogP contribution in [-0.4, -0.2) is 39.8 Å². The van der Waals surface area contributed by atoms with Crippen molar-refractivity contribution < 1.29 is 19.4 Å². The second-order valence-corrected chi connectivity index (χ2v) is 11.3. The van der Waals surface area contributed by atoms with Gasteiger partial charge >= 0.3 is 5.97 Å². The summed E-state index contributed by atoms with van der Waals surface area (Å²) in [6.45, 7) is 0. The normalized spacial score (nSPS) is 13.8. The Bertz CT molecular complexity index is 2020. The van der Waals surface area contributed by atoms with Gasteiger partial charge in [-0.2, -0.15) is 0 Å². The smallest absolute Gasteiger partial charge is 0.335 e. The lowest BCUT2D eigenvalue weighted by atomic mass is 9.94. The molecule has 7 heteroatoms. The lowest BCUT2D eigenvalue weighted by molar-refractivity contribution is 0.0697. The molecular formula is C37H33N3O4. The van der Waals surface area contributed by atoms with E-state index in [0.717, 1.165) is 74.5 Å². The molecule has 0 spiro atoms. The lowest BCUT2D eigenvalue weighted by Gasteiger charge is -2.25. The van der Waals surface area contributed by atoms with Gasteiger partial charge in [-0.3, -0.25) is 0 Å². The predicted molar refractivity (Wildman–Crippen MR) is 174 cm³/mol. The number of aromatic carboxylic acids is 1. The molecule has 0 aliphatic heterocycles. The lowest BCUT2D eigenvalue weighted by Crippen LogP contribution is -2.14. The van der Waals surface area contributed by atoms with Crippen molar-refractivity contribution in [2.24, 2.45) is 0 Å². The van der Waals surface area contributed by atoms with Crippen molar-refractivity contribution >= 4 is 27.9 Å². The Labute approximate surface area is 255 Å². The number of carboxylic acid groups (broad SMARTS) is 1. The van der Waals surface area contributed by atoms with Gasteiger partial charge in [-0.15, -0.1) is 0 Å². The molecule has 1 fully saturated rings. The fourth-order valence-electron chi connectivity index (χ4n) is 6.52. The van der Waals surface area contributed by atoms with Gasteiger partial charge in [0.2, 0.25) is 0 Å². The number of ether oxygens (including phenoxy) is 2. The Balaban J connectivity index is 1.34. The van der Waals surface area contributed by atoms with Crippen LogP contribution in [-0.2, 0) is 0 Å². The van der Waals surface area contributed by atoms with E-state index in [1.54, 1.807) is 26.4 Å². The third kappa shape index (κ3) is 4.94. The highest BCUT2D eigenvalue weighted by atomic mass is 16.5. The van der Waals surface area contributed by atoms with E-state index < -0.39 is 5.97 Å². The standard InChI is InChI=1S/C37H33N3O4/c1-43-27-15-16-28(29-10-6-7-11-35(29)44-2)30(22-27)32-18-12-23-20-24(13-17-31(23)38-32)36-39-33-21-25(37(41)42)14-19-34(33)40(36)26-8-4-3-5-9-26/h6-7,10-22,26H,3-5,8-9H2,1-2H3,(H,41,42). The van der Waals surface area contributed by atoms with Crippen LogP contribution in [0.2, 0.25) is 0 Å². The number of hydrogen-bond acceptors (Lipinski definition) is 5. The molecule has 0 saturated heterocycles. The first-order valence-corrected chi connectivity index (χ1v) is 15.0. The fraction of sp³-hybridized carbons (Fsp3) is 0.216. The van der Waals surface area contributed by atoms with Crippen molar-refractivity contribution in [3.63, 3.8) is 0 Å². The molecule has 0 radical (unpaired) electrons. The van der Waals surface area contributed by atoms with Gasteiger partial charge < -0.3 is 19.1 Å². The molecule has 220 valence electrons. The minimum atomic E-state index is -0.946. The minimum Gasteiger partial charge on any atom is -0.497 e. The first-order valence-electron chi connectivity index (χ1n) is 15.0. The third-order valence-corrected chi connectivity index (χ3v) is 8.72. The zero-order valence-corrected chi connectivity index (χ0v) is 24.8. The van der Waals surface area contributed by atoms with Gasteiger partial charge in [0, 0.05) is 28.1 Å². The highest BCUT2D eigenvalue weighted by Crippen LogP contribution is 2.40. The molecule has 0 atom stereocenters. The van der Waals surface area contributed by atoms with Crippen LogP contribution >= 0.6 is 0 Å². The molecule has 6 aromatic rings. The summed E-state index contributed by atoms with van der Waals surface area (Å²) >= 11 is 0. The molecule has 44 heavy (non-hydrogen) atoms. The highest BCUT2D eigenvalue weighted by Gasteiger charge is 2.23. The molecule has 7 nitrogen and oxygen atoms in total. The van der Waals surface area contributed by atoms with Crippen molar-refractivity contribution in [2.75, 3.05) is 14.2 Å². The third-order valence-electron chi connectivity index (χ3n) is 8.72. The minimum absolute atomic E-state index is 0.248. The molecule has 1 saturated carbocycles. The molecule has 0 amide bonds. The van der Waals surface area contributed by atoms with E-state index >= 15 is 0 Å². The summed E-state index contributed by atoms with van der Waals surface area (Å²) in [6, 6.07) is 30.0. The maximum absolute atomic E-state index is 11.7. The molecule has 1 N–H and O–H groups in total. The summed E-state index contributed by atoms with van der Waals surface area (Å²) in [4.78, 5) is 21.8. The second kappa shape index (κ2) is 11.5. The number of hydrogen-bond donors (Lipinski definition) is 1. The summed E-state index contributed by atoms with van der Waals surface area (Å²) in [5.41, 5.74) is 7.57. The van der Waals surface area contributed by atoms with E-state index in [1.165, 1.54) is 19.3 Å². The van der Waals surface area contributed by atoms with Crippen LogP contribution in [0.25, 0.3) is 55.7 Å². The van der Waals surface area contributed by atoms with Crippen LogP contribution < -0.4 is 9.47 Å². The summed E-state index contributed by atoms with van der Waals surface area (Å²) < 4.78 is 13.6. The largest absolute Gasteiger partial charge is 0.497 e. The number of imidazole rings is 1. The van der Waals surface area contributed by atoms with E-state index in [9.17, 15) is 9.90 Å². The molecule has 7 rings (SSSR count). The number of nitrogens with zero attached hydrogens (tertiary/aromatic N) is 3. The molecule has 2 aromatic heterocycles. The van der Waals surface area contributed by atoms with Gasteiger partial charge in [-0.1, -0.05) is 43.5 Å². The number of para-hydroxylation sites is 1. The molecule has 0 bridgehead atoms. The number of benzene rings is 4. The second-order valence-electron chi connectivity index (χ2n) is 11.3. The number of rotatable bonds is 7. The average Bonchev–Trinajstić information content (AvgIpc) is 3.47. The van der Waals surface area contributed by atoms with Crippen LogP contribution in [0.15, 0.2) is 91.0 Å². The Morgan fingerprint density at radius 3 is 2.41 bits per heavy atom. The predicted octanol–water partition coefficient (Wildman–Crippen LogP) is 8.81. The Morgan fingerprint density at radius 2 is 1.61 bits per heavy atom. The number of aromatic nitrogens is 3. The van der Waals surface area contributed by atoms with Gasteiger partial charge in [-0.25, -0.2) is 14.8 Å². The summed E-state index contributed by atoms with van der Waals surface area (Å²) in [5.74, 6) is 1.47. The molecular weight excluding hydrogens is 550 g/mol. The maximum Gasteiger partial charge on any atom is 0.335 e. The van der Waals surface area contributed by atoms with Gasteiger partial charge in [0.1, 0.15) is 17.3 Å². The van der Waals surface area contributed by atoms with Crippen LogP contribution in [0.3, 0.4) is 0 Å². The maximum atomic E-state index is 11.7. The van der Waals surface area contributed by atoms with Gasteiger partial charge in [0.05, 0.1) is 42.0 Å². The fourth-order valence-corrected chi connectivity index (χ4v) is 6.52. The van der Waals surface area contributed by atoms with Gasteiger partial charge in [-0.05, 0) is 85.1 Å². The zero-order valence-electron chi connectivity index (χ0n) is 24.8. The molecule has 0 unspecified atom stereocenters. The number of carboxylic acids is 1. The number of methoxy groups -OCH3 is 2. The summed E-state index contributed by atoms with van der Waals surface area (Å²) in [5, 5.41) is 10.6. The molecule has 1 aliphatic rings. The average molecular weight is 584 g/mol. The Hall–Kier alpha value is -5.17. The Morgan fingerprint density at radius 1 is 0.773 bits per heavy atom. The van der Waals surface area contributed by atoms with E-state index in [2.05, 4.69) is 28.8 Å². The number of pyridine rings is 1. The van der Waals surface area contributed by atoms with Crippen LogP contribution in [0, 0.1) is 0 Å². The first kappa shape index (κ1) is 27.7. The van der Waals surface area contributed by atoms with E-state index in [4.69, 9.17) is 19.4 Å². The Kier molecular flexibility index (Phi) is 7.22. The first-order chi connectivity index (χ1) is 21.5. The van der Waals surface area contributed by atoms with Crippen molar-refractivity contribution in [3.8, 4) is 45.3 Å². The van der Waals surface area contributed by atoms with Crippen molar-refractivity contribution in [3.05, 3.63) is 96.6 Å². The zero-order chi connectivity index (χ0) is 30.2. The number of fused-ring (bicyclic) bond motifs is 2. The SMILES string of the molecule is COc1ccc(-c2ccccc2OC)c(-c2ccc3cc(-c4nc5cc(C(=O)O)ccc5n4C4CCCCC4)ccc3n2)c1. The van der Waals surface area contributed by atoms with Gasteiger partial charge in [0.15, 0.2) is 0 Å². The van der Waals surface area contributed by atoms with Gasteiger partial charge in [0.25, 0.3) is 0 Å². The van der Waals surface area contributed by atoms with Crippen molar-refractivity contribution in [1.82, 2.24) is 14.5 Å². The molecule has 2 heterocycles. The molecule has 1 aliphatic carbocycles. The summed E-state index contributed by atoms with van der Waals surface area (Å²) in [6.07, 6.45) is 5.79. The van der Waals surface area contributed by atoms with E-state index in [0.29, 0.717) is 11.6 Å². The quantitative estimate of drug-likeness (QED) is 0.202. The van der Waals surface area contributed by atoms with Crippen LogP contribution in [0.1, 0.15) is 48.5 Å². The topological polar surface area (TPSA) is 86.5 Å². The highest BCUT2D eigenvalue weighted by molar-refractivity contribution is 5.94. The van der Waals surface area contributed by atoms with E-state index in [1.807, 2.05) is 54.6 Å². The van der Waals surface area contributed by atoms with Crippen LogP contribution in [0.4, 0.5) is 0 Å². The number of carbonyl (C=O) groups is 1. The monoisotopic (exact) mass is 583 g/mol. The molecule has 4 aromatic carbocycles. The summed E-state index contributed by atoms with van der Waals surface area (Å²) in [7, 11) is 3.35.